The Morgan fingerprint density at radius 2 is 1.13 bits per heavy atom. The number of rotatable bonds is 4. The third kappa shape index (κ3) is 4.83. The third-order valence-electron chi connectivity index (χ3n) is 10.9. The predicted octanol–water partition coefficient (Wildman–Crippen LogP) is 12.5. The molecule has 0 aliphatic rings. The zero-order chi connectivity index (χ0) is 36.5. The molecule has 0 bridgehead atoms. The summed E-state index contributed by atoms with van der Waals surface area (Å²) in [5, 5.41) is 20.7. The molecule has 3 heterocycles. The van der Waals surface area contributed by atoms with Gasteiger partial charge in [0.25, 0.3) is 0 Å². The monoisotopic (exact) mass is 699 g/mol. The quantitative estimate of drug-likeness (QED) is 0.183. The molecule has 0 amide bonds. The molecule has 0 saturated heterocycles. The Balaban J connectivity index is 1.19. The van der Waals surface area contributed by atoms with Crippen LogP contribution in [0.1, 0.15) is 5.56 Å². The van der Waals surface area contributed by atoms with Crippen LogP contribution < -0.4 is 0 Å². The highest BCUT2D eigenvalue weighted by molar-refractivity contribution is 6.21. The summed E-state index contributed by atoms with van der Waals surface area (Å²) < 4.78 is 2.36. The van der Waals surface area contributed by atoms with Gasteiger partial charge in [-0.1, -0.05) is 140 Å². The lowest BCUT2D eigenvalue weighted by atomic mass is 9.96. The molecule has 11 aromatic rings. The minimum Gasteiger partial charge on any atom is -0.308 e. The van der Waals surface area contributed by atoms with Crippen LogP contribution in [-0.4, -0.2) is 19.5 Å². The lowest BCUT2D eigenvalue weighted by Crippen LogP contribution is -2.02. The zero-order valence-electron chi connectivity index (χ0n) is 29.5. The first-order chi connectivity index (χ1) is 27.2. The first-order valence-electron chi connectivity index (χ1n) is 18.3. The zero-order valence-corrected chi connectivity index (χ0v) is 29.5. The van der Waals surface area contributed by atoms with E-state index in [4.69, 9.17) is 15.0 Å². The highest BCUT2D eigenvalue weighted by atomic mass is 15.0. The van der Waals surface area contributed by atoms with Crippen LogP contribution in [0.15, 0.2) is 176 Å². The molecular formula is C50H29N5. The molecule has 5 heteroatoms. The molecule has 0 saturated carbocycles. The van der Waals surface area contributed by atoms with Crippen molar-refractivity contribution in [3.63, 3.8) is 0 Å². The van der Waals surface area contributed by atoms with E-state index in [1.165, 1.54) is 5.39 Å². The average molecular weight is 700 g/mol. The van der Waals surface area contributed by atoms with E-state index in [-0.39, 0.29) is 0 Å². The molecule has 55 heavy (non-hydrogen) atoms. The maximum absolute atomic E-state index is 11.0. The van der Waals surface area contributed by atoms with Gasteiger partial charge in [0.2, 0.25) is 0 Å². The van der Waals surface area contributed by atoms with Crippen LogP contribution in [0.3, 0.4) is 0 Å². The van der Waals surface area contributed by atoms with Crippen LogP contribution in [0.2, 0.25) is 0 Å². The van der Waals surface area contributed by atoms with E-state index in [0.29, 0.717) is 22.6 Å². The summed E-state index contributed by atoms with van der Waals surface area (Å²) in [5.41, 5.74) is 8.87. The number of hydrogen-bond donors (Lipinski definition) is 0. The van der Waals surface area contributed by atoms with Crippen LogP contribution in [-0.2, 0) is 0 Å². The van der Waals surface area contributed by atoms with E-state index in [9.17, 15) is 5.26 Å². The Morgan fingerprint density at radius 3 is 1.93 bits per heavy atom. The number of hydrogen-bond acceptors (Lipinski definition) is 4. The number of nitriles is 1. The summed E-state index contributed by atoms with van der Waals surface area (Å²) in [4.78, 5) is 15.0. The number of nitrogens with zero attached hydrogens (tertiary/aromatic N) is 5. The first kappa shape index (κ1) is 30.9. The van der Waals surface area contributed by atoms with Gasteiger partial charge in [0, 0.05) is 44.3 Å². The van der Waals surface area contributed by atoms with E-state index in [1.54, 1.807) is 6.20 Å². The second-order valence-electron chi connectivity index (χ2n) is 13.9. The topological polar surface area (TPSA) is 67.4 Å². The summed E-state index contributed by atoms with van der Waals surface area (Å²) in [6.07, 6.45) is 1.75. The number of fused-ring (bicyclic) bond motifs is 8. The van der Waals surface area contributed by atoms with Crippen LogP contribution >= 0.6 is 0 Å². The second kappa shape index (κ2) is 12.2. The van der Waals surface area contributed by atoms with Gasteiger partial charge in [-0.3, -0.25) is 0 Å². The molecule has 0 aliphatic heterocycles. The number of aromatic nitrogens is 4. The molecule has 0 radical (unpaired) electrons. The van der Waals surface area contributed by atoms with E-state index in [1.807, 2.05) is 42.5 Å². The molecule has 254 valence electrons. The fourth-order valence-corrected chi connectivity index (χ4v) is 8.33. The SMILES string of the molecule is N#Cc1cc(-n2c3cc4ccccc4cc3c3ccc4ccccc4c32)c2ccccc2c1-c1nc(-c2ccc(-c3ccccc3)cc2)c2cccnc2n1. The Morgan fingerprint density at radius 1 is 0.473 bits per heavy atom. The predicted molar refractivity (Wildman–Crippen MR) is 225 cm³/mol. The van der Waals surface area contributed by atoms with Gasteiger partial charge in [-0.25, -0.2) is 15.0 Å². The third-order valence-corrected chi connectivity index (χ3v) is 10.9. The molecule has 0 N–H and O–H groups in total. The standard InChI is InChI=1S/C50H29N5/c51-30-37-29-44(55-45-28-36-15-5-4-14-35(36)27-43(45)41-25-24-33-13-6-7-16-38(33)48(41)55)39-17-8-9-18-40(39)46(37)50-53-47(42-19-10-26-52-49(42)54-50)34-22-20-32(21-23-34)31-11-2-1-3-12-31/h1-29H. The lowest BCUT2D eigenvalue weighted by Gasteiger charge is -2.17. The lowest BCUT2D eigenvalue weighted by molar-refractivity contribution is 1.18. The Kier molecular flexibility index (Phi) is 6.85. The first-order valence-corrected chi connectivity index (χ1v) is 18.3. The maximum Gasteiger partial charge on any atom is 0.164 e. The van der Waals surface area contributed by atoms with Crippen molar-refractivity contribution in [2.24, 2.45) is 0 Å². The van der Waals surface area contributed by atoms with E-state index in [2.05, 4.69) is 138 Å². The van der Waals surface area contributed by atoms with Crippen molar-refractivity contribution in [2.75, 3.05) is 0 Å². The van der Waals surface area contributed by atoms with Gasteiger partial charge >= 0.3 is 0 Å². The van der Waals surface area contributed by atoms with Gasteiger partial charge in [-0.15, -0.1) is 0 Å². The van der Waals surface area contributed by atoms with E-state index >= 15 is 0 Å². The van der Waals surface area contributed by atoms with Gasteiger partial charge < -0.3 is 4.57 Å². The minimum atomic E-state index is 0.464. The van der Waals surface area contributed by atoms with Crippen LogP contribution in [0.4, 0.5) is 0 Å². The van der Waals surface area contributed by atoms with Crippen molar-refractivity contribution < 1.29 is 0 Å². The molecule has 8 aromatic carbocycles. The average Bonchev–Trinajstić information content (AvgIpc) is 3.58. The summed E-state index contributed by atoms with van der Waals surface area (Å²) in [6, 6.07) is 61.7. The largest absolute Gasteiger partial charge is 0.308 e. The number of benzene rings is 8. The molecule has 3 aromatic heterocycles. The maximum atomic E-state index is 11.0. The van der Waals surface area contributed by atoms with Gasteiger partial charge in [-0.2, -0.15) is 5.26 Å². The van der Waals surface area contributed by atoms with Crippen molar-refractivity contribution in [1.82, 2.24) is 19.5 Å². The molecule has 0 unspecified atom stereocenters. The fraction of sp³-hybridized carbons (Fsp3) is 0. The Hall–Kier alpha value is -7.68. The van der Waals surface area contributed by atoms with Gasteiger partial charge in [0.05, 0.1) is 34.0 Å². The molecular weight excluding hydrogens is 671 g/mol. The molecule has 0 fully saturated rings. The van der Waals surface area contributed by atoms with Crippen molar-refractivity contribution in [3.05, 3.63) is 182 Å². The Labute approximate surface area is 316 Å². The fourth-order valence-electron chi connectivity index (χ4n) is 8.33. The van der Waals surface area contributed by atoms with Crippen LogP contribution in [0.25, 0.3) is 105 Å². The van der Waals surface area contributed by atoms with E-state index in [0.717, 1.165) is 82.2 Å². The summed E-state index contributed by atoms with van der Waals surface area (Å²) >= 11 is 0. The minimum absolute atomic E-state index is 0.464. The highest BCUT2D eigenvalue weighted by Crippen LogP contribution is 2.43. The van der Waals surface area contributed by atoms with Gasteiger partial charge in [0.15, 0.2) is 11.5 Å². The van der Waals surface area contributed by atoms with E-state index < -0.39 is 0 Å². The van der Waals surface area contributed by atoms with Crippen molar-refractivity contribution in [2.45, 2.75) is 0 Å². The van der Waals surface area contributed by atoms with Crippen LogP contribution in [0, 0.1) is 11.3 Å². The summed E-state index contributed by atoms with van der Waals surface area (Å²) in [7, 11) is 0. The number of pyridine rings is 1. The Bertz CT molecular complexity index is 3370. The summed E-state index contributed by atoms with van der Waals surface area (Å²) in [6.45, 7) is 0. The van der Waals surface area contributed by atoms with Crippen molar-refractivity contribution in [1.29, 1.82) is 5.26 Å². The molecule has 0 atom stereocenters. The van der Waals surface area contributed by atoms with Gasteiger partial charge in [0.1, 0.15) is 0 Å². The molecule has 0 spiro atoms. The summed E-state index contributed by atoms with van der Waals surface area (Å²) in [5.74, 6) is 0.464. The molecule has 5 nitrogen and oxygen atoms in total. The van der Waals surface area contributed by atoms with Gasteiger partial charge in [-0.05, 0) is 63.0 Å². The second-order valence-corrected chi connectivity index (χ2v) is 13.9. The normalized spacial score (nSPS) is 11.6. The molecule has 0 aliphatic carbocycles. The molecule has 11 rings (SSSR count). The smallest absolute Gasteiger partial charge is 0.164 e. The van der Waals surface area contributed by atoms with Crippen molar-refractivity contribution in [3.8, 4) is 45.5 Å². The highest BCUT2D eigenvalue weighted by Gasteiger charge is 2.23. The van der Waals surface area contributed by atoms with Crippen molar-refractivity contribution >= 4 is 65.2 Å². The van der Waals surface area contributed by atoms with Crippen LogP contribution in [0.5, 0.6) is 0 Å².